The monoisotopic (exact) mass is 530 g/mol. The first kappa shape index (κ1) is 25.7. The highest BCUT2D eigenvalue weighted by molar-refractivity contribution is 7.99. The predicted octanol–water partition coefficient (Wildman–Crippen LogP) is 5.85. The highest BCUT2D eigenvalue weighted by atomic mass is 32.2. The van der Waals surface area contributed by atoms with Gasteiger partial charge in [-0.25, -0.2) is 4.79 Å². The van der Waals surface area contributed by atoms with Crippen LogP contribution in [0.5, 0.6) is 0 Å². The average Bonchev–Trinajstić information content (AvgIpc) is 3.54. The largest absolute Gasteiger partial charge is 0.462 e. The molecule has 3 aromatic rings. The maximum Gasteiger partial charge on any atom is 0.341 e. The molecule has 0 saturated heterocycles. The lowest BCUT2D eigenvalue weighted by molar-refractivity contribution is -0.113. The van der Waals surface area contributed by atoms with Gasteiger partial charge in [-0.15, -0.1) is 39.4 Å². The second-order valence-corrected chi connectivity index (χ2v) is 11.5. The van der Waals surface area contributed by atoms with Crippen molar-refractivity contribution in [3.63, 3.8) is 0 Å². The Morgan fingerprint density at radius 2 is 2.20 bits per heavy atom. The van der Waals surface area contributed by atoms with E-state index in [9.17, 15) is 9.59 Å². The zero-order valence-corrected chi connectivity index (χ0v) is 22.7. The van der Waals surface area contributed by atoms with Crippen LogP contribution in [0.4, 0.5) is 5.00 Å². The minimum absolute atomic E-state index is 0.149. The quantitative estimate of drug-likeness (QED) is 0.201. The molecule has 0 bridgehead atoms. The van der Waals surface area contributed by atoms with Crippen LogP contribution in [0.15, 0.2) is 29.3 Å². The molecule has 0 fully saturated rings. The van der Waals surface area contributed by atoms with E-state index in [1.165, 1.54) is 40.0 Å². The number of carbonyl (C=O) groups excluding carboxylic acids is 2. The third-order valence-corrected chi connectivity index (χ3v) is 9.10. The van der Waals surface area contributed by atoms with Crippen LogP contribution in [0.25, 0.3) is 11.4 Å². The minimum atomic E-state index is -0.421. The van der Waals surface area contributed by atoms with Gasteiger partial charge in [0, 0.05) is 27.2 Å². The van der Waals surface area contributed by atoms with Crippen LogP contribution in [0.2, 0.25) is 0 Å². The van der Waals surface area contributed by atoms with Crippen LogP contribution in [-0.2, 0) is 35.3 Å². The Morgan fingerprint density at radius 1 is 1.37 bits per heavy atom. The molecule has 0 aromatic carbocycles. The molecule has 186 valence electrons. The summed E-state index contributed by atoms with van der Waals surface area (Å²) in [4.78, 5) is 27.6. The van der Waals surface area contributed by atoms with Crippen molar-refractivity contribution in [2.45, 2.75) is 58.2 Å². The Kier molecular flexibility index (Phi) is 8.46. The zero-order valence-electron chi connectivity index (χ0n) is 20.3. The maximum absolute atomic E-state index is 12.8. The van der Waals surface area contributed by atoms with Crippen molar-refractivity contribution in [1.82, 2.24) is 14.8 Å². The van der Waals surface area contributed by atoms with Crippen LogP contribution >= 0.6 is 34.4 Å². The van der Waals surface area contributed by atoms with Gasteiger partial charge in [-0.1, -0.05) is 31.7 Å². The summed E-state index contributed by atoms with van der Waals surface area (Å²) >= 11 is 4.53. The Labute approximate surface area is 218 Å². The van der Waals surface area contributed by atoms with Crippen molar-refractivity contribution in [2.75, 3.05) is 17.7 Å². The van der Waals surface area contributed by atoms with E-state index in [1.807, 2.05) is 17.6 Å². The number of ether oxygens (including phenoxy) is 1. The SMILES string of the molecule is C=CCn1c(SCC(=O)Nc2sc(CC)cc2C(=O)OCC)nnc1-c1csc2c1CCC(C)C2. The lowest BCUT2D eigenvalue weighted by Crippen LogP contribution is -2.16. The van der Waals surface area contributed by atoms with Crippen LogP contribution in [0.1, 0.15) is 52.9 Å². The van der Waals surface area contributed by atoms with Gasteiger partial charge in [0.2, 0.25) is 5.91 Å². The number of rotatable bonds is 10. The summed E-state index contributed by atoms with van der Waals surface area (Å²) in [7, 11) is 0. The van der Waals surface area contributed by atoms with Gasteiger partial charge in [0.1, 0.15) is 5.00 Å². The first-order valence-electron chi connectivity index (χ1n) is 11.8. The molecule has 0 radical (unpaired) electrons. The Morgan fingerprint density at radius 3 is 2.94 bits per heavy atom. The molecule has 0 saturated carbocycles. The molecule has 3 heterocycles. The van der Waals surface area contributed by atoms with Gasteiger partial charge in [-0.2, -0.15) is 0 Å². The van der Waals surface area contributed by atoms with Crippen molar-refractivity contribution in [1.29, 1.82) is 0 Å². The van der Waals surface area contributed by atoms with Crippen LogP contribution in [0, 0.1) is 5.92 Å². The summed E-state index contributed by atoms with van der Waals surface area (Å²) in [5, 5.41) is 15.2. The van der Waals surface area contributed by atoms with E-state index in [1.54, 1.807) is 24.3 Å². The summed E-state index contributed by atoms with van der Waals surface area (Å²) < 4.78 is 7.17. The summed E-state index contributed by atoms with van der Waals surface area (Å²) in [5.41, 5.74) is 2.93. The molecule has 1 atom stereocenters. The predicted molar refractivity (Wildman–Crippen MR) is 144 cm³/mol. The van der Waals surface area contributed by atoms with Crippen molar-refractivity contribution >= 4 is 51.3 Å². The van der Waals surface area contributed by atoms with E-state index in [-0.39, 0.29) is 18.3 Å². The molecule has 3 aromatic heterocycles. The number of thiophene rings is 2. The Balaban J connectivity index is 1.49. The Bertz CT molecular complexity index is 1230. The van der Waals surface area contributed by atoms with Gasteiger partial charge in [0.25, 0.3) is 0 Å². The van der Waals surface area contributed by atoms with Crippen molar-refractivity contribution < 1.29 is 14.3 Å². The van der Waals surface area contributed by atoms with E-state index >= 15 is 0 Å². The highest BCUT2D eigenvalue weighted by Crippen LogP contribution is 2.38. The molecule has 0 spiro atoms. The highest BCUT2D eigenvalue weighted by Gasteiger charge is 2.25. The Hall–Kier alpha value is -2.43. The van der Waals surface area contributed by atoms with Gasteiger partial charge < -0.3 is 10.1 Å². The molecule has 7 nitrogen and oxygen atoms in total. The summed E-state index contributed by atoms with van der Waals surface area (Å²) in [6.07, 6.45) is 5.96. The van der Waals surface area contributed by atoms with Gasteiger partial charge in [-0.05, 0) is 50.2 Å². The van der Waals surface area contributed by atoms with Gasteiger partial charge in [0.05, 0.1) is 17.9 Å². The molecule has 1 unspecified atom stereocenters. The molecular weight excluding hydrogens is 501 g/mol. The summed E-state index contributed by atoms with van der Waals surface area (Å²) in [6, 6.07) is 1.79. The summed E-state index contributed by atoms with van der Waals surface area (Å²) in [6.45, 7) is 10.8. The number of carbonyl (C=O) groups is 2. The number of thioether (sulfide) groups is 1. The number of hydrogen-bond donors (Lipinski definition) is 1. The topological polar surface area (TPSA) is 86.1 Å². The lowest BCUT2D eigenvalue weighted by Gasteiger charge is -2.19. The fourth-order valence-electron chi connectivity index (χ4n) is 4.12. The number of nitrogens with zero attached hydrogens (tertiary/aromatic N) is 3. The van der Waals surface area contributed by atoms with Crippen molar-refractivity contribution in [3.8, 4) is 11.4 Å². The van der Waals surface area contributed by atoms with Gasteiger partial charge in [0.15, 0.2) is 11.0 Å². The second-order valence-electron chi connectivity index (χ2n) is 8.47. The lowest BCUT2D eigenvalue weighted by atomic mass is 9.88. The maximum atomic E-state index is 12.8. The number of anilines is 1. The van der Waals surface area contributed by atoms with Crippen molar-refractivity contribution in [2.24, 2.45) is 5.92 Å². The number of amides is 1. The third kappa shape index (κ3) is 5.70. The van der Waals surface area contributed by atoms with E-state index in [0.29, 0.717) is 28.2 Å². The number of esters is 1. The molecular formula is C25H30N4O3S3. The standard InChI is InChI=1S/C25H30N4O3S3/c1-5-10-29-22(19-13-33-20-11-15(4)8-9-17(19)20)27-28-25(29)34-14-21(30)26-23-18(24(31)32-7-3)12-16(6-2)35-23/h5,12-13,15H,1,6-11,14H2,2-4H3,(H,26,30). The van der Waals surface area contributed by atoms with Crippen molar-refractivity contribution in [3.05, 3.63) is 45.0 Å². The third-order valence-electron chi connectivity index (χ3n) is 5.88. The average molecular weight is 531 g/mol. The number of fused-ring (bicyclic) bond motifs is 1. The zero-order chi connectivity index (χ0) is 24.9. The normalized spacial score (nSPS) is 15.0. The summed E-state index contributed by atoms with van der Waals surface area (Å²) in [5.74, 6) is 1.06. The number of nitrogens with one attached hydrogen (secondary N) is 1. The molecule has 10 heteroatoms. The first-order valence-corrected chi connectivity index (χ1v) is 14.5. The van der Waals surface area contributed by atoms with E-state index in [0.717, 1.165) is 35.5 Å². The van der Waals surface area contributed by atoms with Crippen LogP contribution in [-0.4, -0.2) is 39.0 Å². The second kappa shape index (κ2) is 11.5. The minimum Gasteiger partial charge on any atom is -0.462 e. The van der Waals surface area contributed by atoms with Crippen LogP contribution in [0.3, 0.4) is 0 Å². The number of aromatic nitrogens is 3. The molecule has 0 aliphatic heterocycles. The fraction of sp³-hybridized carbons (Fsp3) is 0.440. The van der Waals surface area contributed by atoms with Gasteiger partial charge >= 0.3 is 5.97 Å². The van der Waals surface area contributed by atoms with E-state index < -0.39 is 5.97 Å². The molecule has 35 heavy (non-hydrogen) atoms. The molecule has 1 N–H and O–H groups in total. The fourth-order valence-corrected chi connectivity index (χ4v) is 7.11. The van der Waals surface area contributed by atoms with E-state index in [2.05, 4.69) is 34.4 Å². The molecule has 1 aliphatic carbocycles. The smallest absolute Gasteiger partial charge is 0.341 e. The number of hydrogen-bond acceptors (Lipinski definition) is 8. The molecule has 4 rings (SSSR count). The van der Waals surface area contributed by atoms with Gasteiger partial charge in [-0.3, -0.25) is 9.36 Å². The van der Waals surface area contributed by atoms with Crippen LogP contribution < -0.4 is 5.32 Å². The number of aryl methyl sites for hydroxylation is 1. The van der Waals surface area contributed by atoms with E-state index in [4.69, 9.17) is 4.74 Å². The number of allylic oxidation sites excluding steroid dienone is 1. The first-order chi connectivity index (χ1) is 16.9. The molecule has 1 amide bonds. The molecule has 1 aliphatic rings.